The molecule has 0 aliphatic carbocycles. The molecule has 0 saturated carbocycles. The molecule has 3 rings (SSSR count). The third-order valence-electron chi connectivity index (χ3n) is 3.59. The van der Waals surface area contributed by atoms with Crippen LogP contribution in [0.5, 0.6) is 5.88 Å². The second kappa shape index (κ2) is 7.16. The number of alkyl halides is 3. The number of carbonyl (C=O) groups excluding carboxylic acids is 1. The highest BCUT2D eigenvalue weighted by atomic mass is 19.4. The molecule has 0 bridgehead atoms. The van der Waals surface area contributed by atoms with E-state index >= 15 is 0 Å². The highest BCUT2D eigenvalue weighted by Crippen LogP contribution is 2.32. The second-order valence-corrected chi connectivity index (χ2v) is 5.59. The SMILES string of the molecule is Cc1cc(C(F)(F)F)nc(OCc2nnnn2C)c1C(=O)Nc1nnnn1C. The number of amides is 1. The van der Waals surface area contributed by atoms with Gasteiger partial charge in [0, 0.05) is 14.1 Å². The number of nitrogens with zero attached hydrogens (tertiary/aromatic N) is 9. The quantitative estimate of drug-likeness (QED) is 0.642. The van der Waals surface area contributed by atoms with Crippen molar-refractivity contribution in [3.05, 3.63) is 28.7 Å². The number of halogens is 3. The number of rotatable bonds is 5. The lowest BCUT2D eigenvalue weighted by atomic mass is 10.1. The van der Waals surface area contributed by atoms with Gasteiger partial charge in [-0.2, -0.15) is 13.2 Å². The minimum absolute atomic E-state index is 0.000966. The number of anilines is 1. The Morgan fingerprint density at radius 3 is 2.43 bits per heavy atom. The van der Waals surface area contributed by atoms with Gasteiger partial charge >= 0.3 is 6.18 Å². The predicted molar refractivity (Wildman–Crippen MR) is 83.9 cm³/mol. The van der Waals surface area contributed by atoms with Crippen LogP contribution in [0.25, 0.3) is 0 Å². The van der Waals surface area contributed by atoms with Crippen molar-refractivity contribution in [2.24, 2.45) is 14.1 Å². The molecule has 28 heavy (non-hydrogen) atoms. The number of carbonyl (C=O) groups is 1. The van der Waals surface area contributed by atoms with Crippen LogP contribution in [0.3, 0.4) is 0 Å². The molecule has 0 fully saturated rings. The lowest BCUT2D eigenvalue weighted by molar-refractivity contribution is -0.141. The van der Waals surface area contributed by atoms with Crippen molar-refractivity contribution in [1.29, 1.82) is 0 Å². The maximum atomic E-state index is 13.1. The molecule has 15 heteroatoms. The van der Waals surface area contributed by atoms with Gasteiger partial charge in [0.15, 0.2) is 12.4 Å². The summed E-state index contributed by atoms with van der Waals surface area (Å²) >= 11 is 0. The number of hydrogen-bond donors (Lipinski definition) is 1. The Balaban J connectivity index is 1.97. The van der Waals surface area contributed by atoms with E-state index in [0.29, 0.717) is 0 Å². The summed E-state index contributed by atoms with van der Waals surface area (Å²) in [4.78, 5) is 16.1. The average Bonchev–Trinajstić information content (AvgIpc) is 3.20. The first-order chi connectivity index (χ1) is 13.2. The fraction of sp³-hybridized carbons (Fsp3) is 0.385. The van der Waals surface area contributed by atoms with Crippen LogP contribution in [0.2, 0.25) is 0 Å². The van der Waals surface area contributed by atoms with Crippen molar-refractivity contribution < 1.29 is 22.7 Å². The lowest BCUT2D eigenvalue weighted by Crippen LogP contribution is -2.20. The summed E-state index contributed by atoms with van der Waals surface area (Å²) in [6, 6.07) is 0.751. The van der Waals surface area contributed by atoms with E-state index in [1.54, 1.807) is 0 Å². The number of tetrazole rings is 2. The molecule has 0 saturated heterocycles. The Morgan fingerprint density at radius 1 is 1.18 bits per heavy atom. The third-order valence-corrected chi connectivity index (χ3v) is 3.59. The summed E-state index contributed by atoms with van der Waals surface area (Å²) in [7, 11) is 3.00. The van der Waals surface area contributed by atoms with Gasteiger partial charge in [0.05, 0.1) is 0 Å². The number of nitrogens with one attached hydrogen (secondary N) is 1. The number of pyridine rings is 1. The van der Waals surface area contributed by atoms with E-state index in [2.05, 4.69) is 41.4 Å². The van der Waals surface area contributed by atoms with E-state index < -0.39 is 23.7 Å². The fourth-order valence-electron chi connectivity index (χ4n) is 2.17. The highest BCUT2D eigenvalue weighted by molar-refractivity contribution is 6.06. The van der Waals surface area contributed by atoms with Crippen molar-refractivity contribution in [2.45, 2.75) is 19.7 Å². The normalized spacial score (nSPS) is 11.5. The minimum atomic E-state index is -4.72. The maximum absolute atomic E-state index is 13.1. The summed E-state index contributed by atoms with van der Waals surface area (Å²) in [6.07, 6.45) is -4.72. The minimum Gasteiger partial charge on any atom is -0.469 e. The van der Waals surface area contributed by atoms with Crippen LogP contribution in [0, 0.1) is 6.92 Å². The molecule has 12 nitrogen and oxygen atoms in total. The molecule has 0 aliphatic heterocycles. The maximum Gasteiger partial charge on any atom is 0.433 e. The molecular formula is C13H13F3N10O2. The summed E-state index contributed by atoms with van der Waals surface area (Å²) in [5, 5.41) is 23.6. The molecule has 0 spiro atoms. The Bertz CT molecular complexity index is 1010. The fourth-order valence-corrected chi connectivity index (χ4v) is 2.17. The number of aryl methyl sites for hydroxylation is 3. The smallest absolute Gasteiger partial charge is 0.433 e. The summed E-state index contributed by atoms with van der Waals surface area (Å²) in [5.74, 6) is -1.10. The van der Waals surface area contributed by atoms with Gasteiger partial charge in [0.1, 0.15) is 11.3 Å². The van der Waals surface area contributed by atoms with Crippen molar-refractivity contribution >= 4 is 11.9 Å². The number of aromatic nitrogens is 9. The number of hydrogen-bond acceptors (Lipinski definition) is 9. The van der Waals surface area contributed by atoms with Crippen molar-refractivity contribution in [3.8, 4) is 5.88 Å². The topological polar surface area (TPSA) is 138 Å². The number of ether oxygens (including phenoxy) is 1. The van der Waals surface area contributed by atoms with E-state index in [1.165, 1.54) is 30.4 Å². The van der Waals surface area contributed by atoms with Gasteiger partial charge in [-0.25, -0.2) is 14.3 Å². The molecule has 0 unspecified atom stereocenters. The zero-order valence-corrected chi connectivity index (χ0v) is 14.8. The average molecular weight is 398 g/mol. The molecule has 0 atom stereocenters. The Hall–Kier alpha value is -3.65. The van der Waals surface area contributed by atoms with Gasteiger partial charge in [-0.3, -0.25) is 10.1 Å². The van der Waals surface area contributed by atoms with Crippen LogP contribution in [-0.4, -0.2) is 51.3 Å². The molecule has 3 aromatic heterocycles. The van der Waals surface area contributed by atoms with Crippen LogP contribution in [0.15, 0.2) is 6.07 Å². The molecule has 0 aliphatic rings. The lowest BCUT2D eigenvalue weighted by Gasteiger charge is -2.15. The molecule has 3 heterocycles. The molecule has 0 aromatic carbocycles. The third kappa shape index (κ3) is 3.86. The monoisotopic (exact) mass is 398 g/mol. The Labute approximate surface area is 154 Å². The first-order valence-electron chi connectivity index (χ1n) is 7.63. The molecule has 1 N–H and O–H groups in total. The van der Waals surface area contributed by atoms with Gasteiger partial charge in [0.25, 0.3) is 5.91 Å². The van der Waals surface area contributed by atoms with E-state index in [4.69, 9.17) is 4.74 Å². The molecule has 3 aromatic rings. The van der Waals surface area contributed by atoms with Crippen molar-refractivity contribution in [1.82, 2.24) is 45.4 Å². The molecule has 148 valence electrons. The van der Waals surface area contributed by atoms with E-state index in [0.717, 1.165) is 6.07 Å². The van der Waals surface area contributed by atoms with Gasteiger partial charge in [0.2, 0.25) is 11.8 Å². The van der Waals surface area contributed by atoms with Gasteiger partial charge in [-0.1, -0.05) is 5.10 Å². The Kier molecular flexibility index (Phi) is 4.89. The summed E-state index contributed by atoms with van der Waals surface area (Å²) < 4.78 is 47.2. The second-order valence-electron chi connectivity index (χ2n) is 5.59. The zero-order chi connectivity index (χ0) is 20.5. The van der Waals surface area contributed by atoms with Crippen molar-refractivity contribution in [2.75, 3.05) is 5.32 Å². The van der Waals surface area contributed by atoms with Crippen LogP contribution in [0.1, 0.15) is 27.4 Å². The van der Waals surface area contributed by atoms with Crippen LogP contribution >= 0.6 is 0 Å². The summed E-state index contributed by atoms with van der Waals surface area (Å²) in [5.41, 5.74) is -1.40. The van der Waals surface area contributed by atoms with E-state index in [1.807, 2.05) is 0 Å². The largest absolute Gasteiger partial charge is 0.469 e. The summed E-state index contributed by atoms with van der Waals surface area (Å²) in [6.45, 7) is 1.03. The molecule has 0 radical (unpaired) electrons. The molecular weight excluding hydrogens is 385 g/mol. The van der Waals surface area contributed by atoms with Gasteiger partial charge in [-0.05, 0) is 39.4 Å². The Morgan fingerprint density at radius 2 is 1.86 bits per heavy atom. The van der Waals surface area contributed by atoms with Crippen molar-refractivity contribution in [3.63, 3.8) is 0 Å². The standard InChI is InChI=1S/C13H13F3N10O2/c1-6-4-7(13(14,15)16)17-11(28-5-8-19-21-23-25(8)2)9(6)10(27)18-12-20-22-24-26(12)3/h4H,5H2,1-3H3,(H,18,20,24,27). The highest BCUT2D eigenvalue weighted by Gasteiger charge is 2.35. The first-order valence-corrected chi connectivity index (χ1v) is 7.63. The predicted octanol–water partition coefficient (Wildman–Crippen LogP) is 0.287. The first kappa shape index (κ1) is 19.1. The van der Waals surface area contributed by atoms with Crippen LogP contribution in [0.4, 0.5) is 19.1 Å². The van der Waals surface area contributed by atoms with Gasteiger partial charge in [-0.15, -0.1) is 5.10 Å². The van der Waals surface area contributed by atoms with Crippen LogP contribution in [-0.2, 0) is 26.9 Å². The zero-order valence-electron chi connectivity index (χ0n) is 14.8. The van der Waals surface area contributed by atoms with Gasteiger partial charge < -0.3 is 4.74 Å². The van der Waals surface area contributed by atoms with E-state index in [-0.39, 0.29) is 29.5 Å². The van der Waals surface area contributed by atoms with Crippen LogP contribution < -0.4 is 10.1 Å². The molecule has 1 amide bonds. The van der Waals surface area contributed by atoms with E-state index in [9.17, 15) is 18.0 Å².